The molecule has 0 amide bonds. The second-order valence-electron chi connectivity index (χ2n) is 20.8. The molecule has 77 heavy (non-hydrogen) atoms. The Labute approximate surface area is 450 Å². The minimum Gasteiger partial charge on any atom is -0.449 e. The minimum absolute atomic E-state index is 0.311. The van der Waals surface area contributed by atoms with Gasteiger partial charge >= 0.3 is 24.1 Å². The lowest BCUT2D eigenvalue weighted by atomic mass is 9.91. The van der Waals surface area contributed by atoms with E-state index in [1.54, 1.807) is 117 Å². The normalized spacial score (nSPS) is 15.2. The largest absolute Gasteiger partial charge is 0.519 e. The van der Waals surface area contributed by atoms with E-state index < -0.39 is 34.9 Å². The number of hydrogen-bond donors (Lipinski definition) is 0. The van der Waals surface area contributed by atoms with Gasteiger partial charge in [-0.3, -0.25) is 4.79 Å². The molecule has 0 aliphatic carbocycles. The Kier molecular flexibility index (Phi) is 17.1. The highest BCUT2D eigenvalue weighted by atomic mass is 16.7. The number of fused-ring (bicyclic) bond motifs is 3. The molecule has 0 spiro atoms. The third-order valence-corrected chi connectivity index (χ3v) is 12.8. The summed E-state index contributed by atoms with van der Waals surface area (Å²) in [5.74, 6) is 3.02. The van der Waals surface area contributed by atoms with Crippen molar-refractivity contribution in [3.05, 3.63) is 150 Å². The Morgan fingerprint density at radius 3 is 1.09 bits per heavy atom. The fourth-order valence-electron chi connectivity index (χ4n) is 7.68. The summed E-state index contributed by atoms with van der Waals surface area (Å²) in [6, 6.07) is 36.3. The summed E-state index contributed by atoms with van der Waals surface area (Å²) >= 11 is 0. The van der Waals surface area contributed by atoms with Crippen LogP contribution in [-0.4, -0.2) is 41.4 Å². The quantitative estimate of drug-likeness (QED) is 0.0607. The van der Waals surface area contributed by atoms with Crippen LogP contribution < -0.4 is 52.1 Å². The highest BCUT2D eigenvalue weighted by molar-refractivity contribution is 5.92. The van der Waals surface area contributed by atoms with Gasteiger partial charge in [-0.05, 0) is 141 Å². The molecule has 2 atom stereocenters. The van der Waals surface area contributed by atoms with Gasteiger partial charge in [-0.2, -0.15) is 0 Å². The summed E-state index contributed by atoms with van der Waals surface area (Å²) < 4.78 is 60.4. The molecule has 3 heterocycles. The number of ether oxygens (including phenoxy) is 11. The molecule has 0 saturated carbocycles. The molecule has 0 bridgehead atoms. The molecule has 6 aromatic carbocycles. The maximum atomic E-state index is 12.4. The molecule has 15 heteroatoms. The van der Waals surface area contributed by atoms with E-state index in [9.17, 15) is 19.2 Å². The Morgan fingerprint density at radius 1 is 0.416 bits per heavy atom. The number of rotatable bonds is 13. The van der Waals surface area contributed by atoms with Gasteiger partial charge in [-0.15, -0.1) is 0 Å². The maximum Gasteiger partial charge on any atom is 0.519 e. The van der Waals surface area contributed by atoms with Crippen LogP contribution in [0.15, 0.2) is 127 Å². The van der Waals surface area contributed by atoms with Gasteiger partial charge < -0.3 is 52.1 Å². The van der Waals surface area contributed by atoms with E-state index in [-0.39, 0.29) is 11.9 Å². The standard InChI is InChI=1S/C22H24O6.C20H22O5.C20H22O4/c1-6-21(2,3)20(24)26-15-9-7-14(8-10-15)19(23)25-16-11-12-17-18(13-16)28-22(4,5)27-17;1-5-13(2)14-6-8-15(9-7-14)22-19(21)23-16-10-11-17-18(12-16)25-20(3,4)24-17;1-5-13(2)14-6-8-15(9-7-14)19(21)22-16-10-11-17-18(12-16)24-20(3,4)23-17/h7-13H,6H2,1-5H3;6-13H,5H2,1-4H3;6-13H,5H2,1-4H3. The monoisotopic (exact) mass is 1050 g/mol. The fourth-order valence-corrected chi connectivity index (χ4v) is 7.68. The summed E-state index contributed by atoms with van der Waals surface area (Å²) in [5, 5.41) is 0. The van der Waals surface area contributed by atoms with E-state index in [0.717, 1.165) is 12.8 Å². The van der Waals surface area contributed by atoms with Crippen LogP contribution in [0, 0.1) is 5.41 Å². The Morgan fingerprint density at radius 2 is 0.714 bits per heavy atom. The van der Waals surface area contributed by atoms with Crippen molar-refractivity contribution in [2.45, 2.75) is 138 Å². The van der Waals surface area contributed by atoms with Crippen LogP contribution in [0.5, 0.6) is 63.2 Å². The average Bonchev–Trinajstić information content (AvgIpc) is 4.02. The van der Waals surface area contributed by atoms with Crippen molar-refractivity contribution >= 4 is 24.1 Å². The first-order valence-electron chi connectivity index (χ1n) is 25.8. The number of esters is 3. The van der Waals surface area contributed by atoms with Crippen molar-refractivity contribution < 1.29 is 71.3 Å². The van der Waals surface area contributed by atoms with Crippen molar-refractivity contribution in [3.63, 3.8) is 0 Å². The zero-order chi connectivity index (χ0) is 55.9. The van der Waals surface area contributed by atoms with E-state index in [2.05, 4.69) is 27.7 Å². The molecular weight excluding hydrogens is 985 g/mol. The number of benzene rings is 6. The first-order chi connectivity index (χ1) is 36.3. The molecule has 3 aliphatic rings. The SMILES string of the molecule is CCC(C)(C)C(=O)Oc1ccc(C(=O)Oc2ccc3c(c2)OC(C)(C)O3)cc1.CCC(C)c1ccc(C(=O)Oc2ccc3c(c2)OC(C)(C)O3)cc1.CCC(C)c1ccc(OC(=O)Oc2ccc3c(c2)OC(C)(C)O3)cc1. The topological polar surface area (TPSA) is 170 Å². The summed E-state index contributed by atoms with van der Waals surface area (Å²) in [7, 11) is 0. The second kappa shape index (κ2) is 23.4. The highest BCUT2D eigenvalue weighted by Gasteiger charge is 2.35. The van der Waals surface area contributed by atoms with Crippen molar-refractivity contribution in [3.8, 4) is 63.2 Å². The molecule has 2 unspecified atom stereocenters. The van der Waals surface area contributed by atoms with E-state index in [1.165, 1.54) is 11.1 Å². The van der Waals surface area contributed by atoms with Gasteiger partial charge in [0.05, 0.1) is 16.5 Å². The van der Waals surface area contributed by atoms with Gasteiger partial charge in [0.25, 0.3) is 0 Å². The Hall–Kier alpha value is -8.20. The van der Waals surface area contributed by atoms with Crippen LogP contribution in [0.1, 0.15) is 153 Å². The zero-order valence-corrected chi connectivity index (χ0v) is 46.0. The summed E-state index contributed by atoms with van der Waals surface area (Å²) in [4.78, 5) is 48.8. The van der Waals surface area contributed by atoms with Crippen LogP contribution in [-0.2, 0) is 4.79 Å². The average molecular weight is 1050 g/mol. The molecular formula is C62H68O15. The lowest BCUT2D eigenvalue weighted by molar-refractivity contribution is -0.144. The molecule has 0 fully saturated rings. The molecule has 9 rings (SSSR count). The third-order valence-electron chi connectivity index (χ3n) is 12.8. The molecule has 3 aliphatic heterocycles. The summed E-state index contributed by atoms with van der Waals surface area (Å²) in [6.45, 7) is 25.1. The van der Waals surface area contributed by atoms with Gasteiger partial charge in [0.1, 0.15) is 28.7 Å². The fraction of sp³-hybridized carbons (Fsp3) is 0.355. The molecule has 0 aromatic heterocycles. The number of hydrogen-bond acceptors (Lipinski definition) is 15. The molecule has 0 N–H and O–H groups in total. The van der Waals surface area contributed by atoms with Crippen molar-refractivity contribution in [1.29, 1.82) is 0 Å². The van der Waals surface area contributed by atoms with Gasteiger partial charge in [-0.1, -0.05) is 58.9 Å². The number of carbonyl (C=O) groups excluding carboxylic acids is 4. The predicted molar refractivity (Wildman–Crippen MR) is 288 cm³/mol. The van der Waals surface area contributed by atoms with E-state index in [1.807, 2.05) is 72.7 Å². The molecule has 0 saturated heterocycles. The van der Waals surface area contributed by atoms with Crippen molar-refractivity contribution in [1.82, 2.24) is 0 Å². The van der Waals surface area contributed by atoms with Gasteiger partial charge in [0.2, 0.25) is 17.4 Å². The first kappa shape index (κ1) is 56.5. The summed E-state index contributed by atoms with van der Waals surface area (Å²) in [5.41, 5.74) is 2.74. The van der Waals surface area contributed by atoms with Gasteiger partial charge in [-0.25, -0.2) is 14.4 Å². The van der Waals surface area contributed by atoms with Crippen molar-refractivity contribution in [2.75, 3.05) is 0 Å². The smallest absolute Gasteiger partial charge is 0.449 e. The minimum atomic E-state index is -0.797. The number of carbonyl (C=O) groups is 4. The second-order valence-corrected chi connectivity index (χ2v) is 20.8. The highest BCUT2D eigenvalue weighted by Crippen LogP contribution is 2.44. The van der Waals surface area contributed by atoms with Gasteiger partial charge in [0.15, 0.2) is 34.5 Å². The first-order valence-corrected chi connectivity index (χ1v) is 25.8. The summed E-state index contributed by atoms with van der Waals surface area (Å²) in [6.07, 6.45) is 2.00. The van der Waals surface area contributed by atoms with Crippen LogP contribution in [0.2, 0.25) is 0 Å². The van der Waals surface area contributed by atoms with Crippen LogP contribution in [0.25, 0.3) is 0 Å². The Bertz CT molecular complexity index is 3060. The van der Waals surface area contributed by atoms with Crippen LogP contribution in [0.3, 0.4) is 0 Å². The van der Waals surface area contributed by atoms with Crippen molar-refractivity contribution in [2.24, 2.45) is 5.41 Å². The lowest BCUT2D eigenvalue weighted by Gasteiger charge is -2.20. The van der Waals surface area contributed by atoms with Gasteiger partial charge in [0, 0.05) is 59.7 Å². The molecule has 15 nitrogen and oxygen atoms in total. The Balaban J connectivity index is 0.000000168. The lowest BCUT2D eigenvalue weighted by Crippen LogP contribution is -2.29. The molecule has 6 aromatic rings. The van der Waals surface area contributed by atoms with E-state index >= 15 is 0 Å². The van der Waals surface area contributed by atoms with Crippen LogP contribution in [0.4, 0.5) is 4.79 Å². The van der Waals surface area contributed by atoms with E-state index in [4.69, 9.17) is 52.1 Å². The third kappa shape index (κ3) is 15.0. The zero-order valence-electron chi connectivity index (χ0n) is 46.0. The maximum absolute atomic E-state index is 12.4. The van der Waals surface area contributed by atoms with E-state index in [0.29, 0.717) is 92.6 Å². The molecule has 0 radical (unpaired) electrons. The van der Waals surface area contributed by atoms with Crippen LogP contribution >= 0.6 is 0 Å². The predicted octanol–water partition coefficient (Wildman–Crippen LogP) is 15.0. The molecule has 406 valence electrons.